The van der Waals surface area contributed by atoms with Crippen molar-refractivity contribution in [1.82, 2.24) is 5.32 Å². The number of carbonyl (C=O) groups is 1. The van der Waals surface area contributed by atoms with Gasteiger partial charge in [-0.3, -0.25) is 4.79 Å². The van der Waals surface area contributed by atoms with Gasteiger partial charge in [0.1, 0.15) is 13.2 Å². The summed E-state index contributed by atoms with van der Waals surface area (Å²) in [5.41, 5.74) is 0.727. The van der Waals surface area contributed by atoms with Crippen molar-refractivity contribution in [2.24, 2.45) is 0 Å². The van der Waals surface area contributed by atoms with Gasteiger partial charge in [-0.15, -0.1) is 0 Å². The van der Waals surface area contributed by atoms with Gasteiger partial charge in [-0.1, -0.05) is 6.42 Å². The Labute approximate surface area is 119 Å². The third kappa shape index (κ3) is 3.12. The molecule has 1 aromatic rings. The fourth-order valence-electron chi connectivity index (χ4n) is 2.84. The lowest BCUT2D eigenvalue weighted by Crippen LogP contribution is -2.34. The number of carbonyl (C=O) groups excluding carboxylic acids is 1. The van der Waals surface area contributed by atoms with Crippen LogP contribution in [0, 0.1) is 0 Å². The van der Waals surface area contributed by atoms with E-state index in [4.69, 9.17) is 9.47 Å². The summed E-state index contributed by atoms with van der Waals surface area (Å²) in [5, 5.41) is 3.48. The first-order chi connectivity index (χ1) is 9.83. The summed E-state index contributed by atoms with van der Waals surface area (Å²) in [6.07, 6.45) is 5.24. The summed E-state index contributed by atoms with van der Waals surface area (Å²) < 4.78 is 11.0. The lowest BCUT2D eigenvalue weighted by Gasteiger charge is -2.23. The van der Waals surface area contributed by atoms with Crippen molar-refractivity contribution in [1.29, 1.82) is 0 Å². The van der Waals surface area contributed by atoms with Crippen molar-refractivity contribution < 1.29 is 14.3 Å². The van der Waals surface area contributed by atoms with E-state index < -0.39 is 0 Å². The number of nitrogens with one attached hydrogen (secondary N) is 1. The Bertz CT molecular complexity index is 481. The average Bonchev–Trinajstić information content (AvgIpc) is 2.53. The molecule has 2 heterocycles. The fourth-order valence-corrected chi connectivity index (χ4v) is 2.84. The number of rotatable bonds is 4. The van der Waals surface area contributed by atoms with Crippen LogP contribution in [-0.2, 0) is 0 Å². The molecule has 3 rings (SSSR count). The molecule has 0 bridgehead atoms. The molecular weight excluding hydrogens is 254 g/mol. The molecule has 4 heteroatoms. The number of benzene rings is 1. The van der Waals surface area contributed by atoms with Crippen LogP contribution in [0.5, 0.6) is 11.5 Å². The van der Waals surface area contributed by atoms with Crippen LogP contribution in [0.15, 0.2) is 18.2 Å². The van der Waals surface area contributed by atoms with Gasteiger partial charge in [-0.2, -0.15) is 0 Å². The van der Waals surface area contributed by atoms with E-state index in [1.807, 2.05) is 18.2 Å². The van der Waals surface area contributed by atoms with Crippen molar-refractivity contribution in [2.45, 2.75) is 38.1 Å². The van der Waals surface area contributed by atoms with Crippen molar-refractivity contribution in [3.8, 4) is 11.5 Å². The van der Waals surface area contributed by atoms with Crippen molar-refractivity contribution in [3.63, 3.8) is 0 Å². The van der Waals surface area contributed by atoms with Gasteiger partial charge in [0.25, 0.3) is 0 Å². The van der Waals surface area contributed by atoms with Crippen LogP contribution in [0.2, 0.25) is 0 Å². The van der Waals surface area contributed by atoms with Crippen molar-refractivity contribution in [2.75, 3.05) is 19.8 Å². The van der Waals surface area contributed by atoms with Crippen molar-refractivity contribution in [3.05, 3.63) is 23.8 Å². The van der Waals surface area contributed by atoms with E-state index in [2.05, 4.69) is 5.32 Å². The van der Waals surface area contributed by atoms with E-state index in [1.54, 1.807) is 0 Å². The SMILES string of the molecule is O=C(CCC1CCCCN1)c1ccc2c(c1)OCCO2. The van der Waals surface area contributed by atoms with E-state index in [1.165, 1.54) is 19.3 Å². The number of Topliss-reactive ketones (excluding diaryl/α,β-unsaturated/α-hetero) is 1. The van der Waals surface area contributed by atoms with Gasteiger partial charge in [0.05, 0.1) is 0 Å². The number of piperidine rings is 1. The standard InChI is InChI=1S/C16H21NO3/c18-14(6-5-13-3-1-2-8-17-13)12-4-7-15-16(11-12)20-10-9-19-15/h4,7,11,13,17H,1-3,5-6,8-10H2. The number of ketones is 1. The molecule has 0 radical (unpaired) electrons. The van der Waals surface area contributed by atoms with Gasteiger partial charge in [0, 0.05) is 18.0 Å². The molecule has 1 atom stereocenters. The second kappa shape index (κ2) is 6.27. The topological polar surface area (TPSA) is 47.6 Å². The van der Waals surface area contributed by atoms with Gasteiger partial charge >= 0.3 is 0 Å². The summed E-state index contributed by atoms with van der Waals surface area (Å²) in [6, 6.07) is 5.99. The van der Waals surface area contributed by atoms with Crippen LogP contribution in [0.4, 0.5) is 0 Å². The lowest BCUT2D eigenvalue weighted by atomic mass is 9.97. The van der Waals surface area contributed by atoms with Gasteiger partial charge in [0.15, 0.2) is 17.3 Å². The second-order valence-corrected chi connectivity index (χ2v) is 5.47. The smallest absolute Gasteiger partial charge is 0.163 e. The highest BCUT2D eigenvalue weighted by atomic mass is 16.6. The highest BCUT2D eigenvalue weighted by molar-refractivity contribution is 5.96. The summed E-state index contributed by atoms with van der Waals surface area (Å²) in [5.74, 6) is 1.62. The Balaban J connectivity index is 1.59. The molecule has 0 saturated carbocycles. The first kappa shape index (κ1) is 13.4. The lowest BCUT2D eigenvalue weighted by molar-refractivity contribution is 0.0973. The molecule has 1 N–H and O–H groups in total. The quantitative estimate of drug-likeness (QED) is 0.858. The predicted octanol–water partition coefficient (Wildman–Crippen LogP) is 2.56. The van der Waals surface area contributed by atoms with Crippen LogP contribution >= 0.6 is 0 Å². The van der Waals surface area contributed by atoms with E-state index in [0.29, 0.717) is 31.4 Å². The van der Waals surface area contributed by atoms with Crippen LogP contribution in [-0.4, -0.2) is 31.6 Å². The largest absolute Gasteiger partial charge is 0.486 e. The molecule has 0 spiro atoms. The second-order valence-electron chi connectivity index (χ2n) is 5.47. The van der Waals surface area contributed by atoms with Gasteiger partial charge < -0.3 is 14.8 Å². The first-order valence-corrected chi connectivity index (χ1v) is 7.49. The Hall–Kier alpha value is -1.55. The Morgan fingerprint density at radius 1 is 1.20 bits per heavy atom. The molecule has 1 unspecified atom stereocenters. The minimum absolute atomic E-state index is 0.189. The highest BCUT2D eigenvalue weighted by Gasteiger charge is 2.17. The highest BCUT2D eigenvalue weighted by Crippen LogP contribution is 2.31. The minimum atomic E-state index is 0.189. The minimum Gasteiger partial charge on any atom is -0.486 e. The van der Waals surface area contributed by atoms with Crippen LogP contribution < -0.4 is 14.8 Å². The molecule has 4 nitrogen and oxygen atoms in total. The third-order valence-electron chi connectivity index (χ3n) is 4.00. The summed E-state index contributed by atoms with van der Waals surface area (Å²) >= 11 is 0. The van der Waals surface area contributed by atoms with Crippen LogP contribution in [0.3, 0.4) is 0 Å². The number of hydrogen-bond donors (Lipinski definition) is 1. The monoisotopic (exact) mass is 275 g/mol. The molecule has 108 valence electrons. The predicted molar refractivity (Wildman–Crippen MR) is 76.6 cm³/mol. The number of hydrogen-bond acceptors (Lipinski definition) is 4. The molecule has 0 aliphatic carbocycles. The summed E-state index contributed by atoms with van der Waals surface area (Å²) in [6.45, 7) is 2.22. The molecular formula is C16H21NO3. The fraction of sp³-hybridized carbons (Fsp3) is 0.562. The zero-order valence-electron chi connectivity index (χ0n) is 11.7. The Morgan fingerprint density at radius 3 is 2.85 bits per heavy atom. The molecule has 0 aromatic heterocycles. The van der Waals surface area contributed by atoms with Crippen LogP contribution in [0.25, 0.3) is 0 Å². The molecule has 1 fully saturated rings. The maximum absolute atomic E-state index is 12.2. The molecule has 0 amide bonds. The van der Waals surface area contributed by atoms with E-state index >= 15 is 0 Å². The first-order valence-electron chi connectivity index (χ1n) is 7.49. The van der Waals surface area contributed by atoms with Crippen LogP contribution in [0.1, 0.15) is 42.5 Å². The molecule has 1 saturated heterocycles. The zero-order valence-corrected chi connectivity index (χ0v) is 11.7. The maximum Gasteiger partial charge on any atom is 0.163 e. The maximum atomic E-state index is 12.2. The van der Waals surface area contributed by atoms with Crippen molar-refractivity contribution >= 4 is 5.78 Å². The van der Waals surface area contributed by atoms with E-state index in [-0.39, 0.29) is 5.78 Å². The molecule has 1 aromatic carbocycles. The van der Waals surface area contributed by atoms with Gasteiger partial charge in [-0.25, -0.2) is 0 Å². The van der Waals surface area contributed by atoms with E-state index in [9.17, 15) is 4.79 Å². The van der Waals surface area contributed by atoms with Gasteiger partial charge in [-0.05, 0) is 44.0 Å². The zero-order chi connectivity index (χ0) is 13.8. The molecule has 2 aliphatic heterocycles. The Morgan fingerprint density at radius 2 is 2.05 bits per heavy atom. The average molecular weight is 275 g/mol. The third-order valence-corrected chi connectivity index (χ3v) is 4.00. The molecule has 20 heavy (non-hydrogen) atoms. The number of fused-ring (bicyclic) bond motifs is 1. The molecule has 2 aliphatic rings. The van der Waals surface area contributed by atoms with E-state index in [0.717, 1.165) is 24.3 Å². The number of ether oxygens (including phenoxy) is 2. The normalized spacial score (nSPS) is 21.5. The Kier molecular flexibility index (Phi) is 4.21. The van der Waals surface area contributed by atoms with Gasteiger partial charge in [0.2, 0.25) is 0 Å². The summed E-state index contributed by atoms with van der Waals surface area (Å²) in [7, 11) is 0. The summed E-state index contributed by atoms with van der Waals surface area (Å²) in [4.78, 5) is 12.2.